The summed E-state index contributed by atoms with van der Waals surface area (Å²) in [7, 11) is 0. The molecule has 3 N–H and O–H groups in total. The van der Waals surface area contributed by atoms with E-state index in [1.807, 2.05) is 0 Å². The average molecular weight is 505 g/mol. The molecular formula is C27H25FN4O5. The summed E-state index contributed by atoms with van der Waals surface area (Å²) < 4.78 is 21.7. The second-order valence-electron chi connectivity index (χ2n) is 10.4. The van der Waals surface area contributed by atoms with Gasteiger partial charge in [-0.3, -0.25) is 9.59 Å². The number of hydrogen-bond donors (Lipinski definition) is 3. The second kappa shape index (κ2) is 7.45. The first-order valence-corrected chi connectivity index (χ1v) is 12.6. The Morgan fingerprint density at radius 2 is 2.11 bits per heavy atom. The lowest BCUT2D eigenvalue weighted by molar-refractivity contribution is -0.172. The zero-order chi connectivity index (χ0) is 25.8. The Kier molecular flexibility index (Phi) is 4.54. The largest absolute Gasteiger partial charge is 0.458 e. The number of carbonyl (C=O) groups excluding carboxylic acids is 2. The molecule has 9 nitrogen and oxygen atoms in total. The van der Waals surface area contributed by atoms with Crippen LogP contribution in [0.1, 0.15) is 59.2 Å². The van der Waals surface area contributed by atoms with Gasteiger partial charge in [-0.2, -0.15) is 0 Å². The highest BCUT2D eigenvalue weighted by molar-refractivity contribution is 5.94. The van der Waals surface area contributed by atoms with Gasteiger partial charge in [-0.1, -0.05) is 6.92 Å². The number of fused-ring (bicyclic) bond motifs is 5. The molecule has 37 heavy (non-hydrogen) atoms. The first kappa shape index (κ1) is 22.6. The molecule has 0 spiro atoms. The lowest BCUT2D eigenvalue weighted by atomic mass is 9.81. The molecule has 1 aliphatic carbocycles. The van der Waals surface area contributed by atoms with Crippen molar-refractivity contribution in [2.45, 2.75) is 63.9 Å². The van der Waals surface area contributed by atoms with E-state index in [-0.39, 0.29) is 60.1 Å². The molecule has 1 aromatic carbocycles. The normalized spacial score (nSPS) is 24.8. The predicted molar refractivity (Wildman–Crippen MR) is 130 cm³/mol. The van der Waals surface area contributed by atoms with Crippen LogP contribution in [0.3, 0.4) is 0 Å². The molecule has 7 rings (SSSR count). The number of esters is 1. The molecule has 1 amide bonds. The zero-order valence-corrected chi connectivity index (χ0v) is 20.4. The van der Waals surface area contributed by atoms with Crippen LogP contribution in [0.5, 0.6) is 0 Å². The number of benzene rings is 1. The third kappa shape index (κ3) is 2.96. The Hall–Kier alpha value is -3.63. The third-order valence-corrected chi connectivity index (χ3v) is 8.42. The Labute approximate surface area is 210 Å². The smallest absolute Gasteiger partial charge is 0.343 e. The number of ether oxygens (including phenoxy) is 1. The molecule has 0 radical (unpaired) electrons. The van der Waals surface area contributed by atoms with E-state index in [1.54, 1.807) is 24.5 Å². The summed E-state index contributed by atoms with van der Waals surface area (Å²) in [4.78, 5) is 43.6. The van der Waals surface area contributed by atoms with E-state index in [4.69, 9.17) is 9.72 Å². The number of rotatable bonds is 3. The fourth-order valence-electron chi connectivity index (χ4n) is 6.22. The molecule has 0 saturated carbocycles. The SMILES string of the molecule is CC[C@@]1(O)C(=O)OCc2c1cc1n(c2=O)Cc2c-1nc1cc(F)c(C)c3c1c2[C@@H](NC(=O)[C@@H]1CN1)CC3. The van der Waals surface area contributed by atoms with E-state index in [2.05, 4.69) is 10.6 Å². The van der Waals surface area contributed by atoms with Gasteiger partial charge in [-0.05, 0) is 48.9 Å². The van der Waals surface area contributed by atoms with E-state index in [0.717, 1.165) is 22.1 Å². The molecule has 3 atom stereocenters. The van der Waals surface area contributed by atoms with Crippen molar-refractivity contribution in [3.05, 3.63) is 61.7 Å². The van der Waals surface area contributed by atoms with Crippen LogP contribution in [0.4, 0.5) is 4.39 Å². The molecule has 2 aromatic heterocycles. The summed E-state index contributed by atoms with van der Waals surface area (Å²) in [6, 6.07) is 2.53. The van der Waals surface area contributed by atoms with Crippen molar-refractivity contribution < 1.29 is 23.8 Å². The van der Waals surface area contributed by atoms with Crippen molar-refractivity contribution in [1.29, 1.82) is 0 Å². The van der Waals surface area contributed by atoms with Crippen molar-refractivity contribution >= 4 is 22.8 Å². The standard InChI is InChI=1S/C27H25FN4O5/c1-3-27(36)15-6-20-23-13(9-32(20)25(34)14(15)10-37-26(27)35)22-17(31-24(33)19-8-29-19)5-4-12-11(2)16(28)7-18(30-23)21(12)22/h6-7,17,19,29,36H,3-5,8-10H2,1-2H3,(H,31,33)/t17-,19-,27-/m0/s1. The number of cyclic esters (lactones) is 1. The van der Waals surface area contributed by atoms with Gasteiger partial charge in [-0.25, -0.2) is 14.2 Å². The Bertz CT molecular complexity index is 1640. The summed E-state index contributed by atoms with van der Waals surface area (Å²) in [6.07, 6.45) is 1.24. The molecule has 1 saturated heterocycles. The van der Waals surface area contributed by atoms with E-state index in [1.165, 1.54) is 6.07 Å². The summed E-state index contributed by atoms with van der Waals surface area (Å²) in [6.45, 7) is 4.05. The highest BCUT2D eigenvalue weighted by Gasteiger charge is 2.46. The van der Waals surface area contributed by atoms with Crippen molar-refractivity contribution in [3.63, 3.8) is 0 Å². The van der Waals surface area contributed by atoms with Gasteiger partial charge in [0.25, 0.3) is 5.56 Å². The van der Waals surface area contributed by atoms with Gasteiger partial charge in [0, 0.05) is 29.1 Å². The van der Waals surface area contributed by atoms with Gasteiger partial charge in [0.1, 0.15) is 12.4 Å². The maximum absolute atomic E-state index is 14.9. The summed E-state index contributed by atoms with van der Waals surface area (Å²) in [5, 5.41) is 18.1. The number of pyridine rings is 2. The molecule has 190 valence electrons. The number of aryl methyl sites for hydroxylation is 1. The second-order valence-corrected chi connectivity index (χ2v) is 10.4. The molecule has 0 bridgehead atoms. The third-order valence-electron chi connectivity index (χ3n) is 8.42. The van der Waals surface area contributed by atoms with Crippen LogP contribution < -0.4 is 16.2 Å². The fourth-order valence-corrected chi connectivity index (χ4v) is 6.22. The minimum atomic E-state index is -1.93. The fraction of sp³-hybridized carbons (Fsp3) is 0.407. The van der Waals surface area contributed by atoms with Gasteiger partial charge >= 0.3 is 5.97 Å². The van der Waals surface area contributed by atoms with Gasteiger partial charge in [0.15, 0.2) is 5.60 Å². The number of nitrogens with zero attached hydrogens (tertiary/aromatic N) is 2. The lowest BCUT2D eigenvalue weighted by Gasteiger charge is -2.31. The topological polar surface area (TPSA) is 132 Å². The molecule has 3 aliphatic heterocycles. The van der Waals surface area contributed by atoms with E-state index < -0.39 is 11.6 Å². The van der Waals surface area contributed by atoms with Crippen molar-refractivity contribution in [2.24, 2.45) is 0 Å². The number of amides is 1. The molecular weight excluding hydrogens is 479 g/mol. The Morgan fingerprint density at radius 3 is 2.84 bits per heavy atom. The van der Waals surface area contributed by atoms with Gasteiger partial charge in [-0.15, -0.1) is 0 Å². The van der Waals surface area contributed by atoms with E-state index in [0.29, 0.717) is 41.9 Å². The quantitative estimate of drug-likeness (QED) is 0.285. The monoisotopic (exact) mass is 504 g/mol. The highest BCUT2D eigenvalue weighted by atomic mass is 19.1. The number of aromatic nitrogens is 2. The first-order chi connectivity index (χ1) is 17.7. The minimum absolute atomic E-state index is 0.0438. The number of halogens is 1. The molecule has 4 aliphatic rings. The Morgan fingerprint density at radius 1 is 1.32 bits per heavy atom. The molecule has 0 unspecified atom stereocenters. The molecule has 1 fully saturated rings. The van der Waals surface area contributed by atoms with Crippen molar-refractivity contribution in [3.8, 4) is 11.4 Å². The molecule has 5 heterocycles. The maximum Gasteiger partial charge on any atom is 0.343 e. The number of hydrogen-bond acceptors (Lipinski definition) is 7. The molecule has 10 heteroatoms. The van der Waals surface area contributed by atoms with Crippen LogP contribution in [0.25, 0.3) is 22.3 Å². The van der Waals surface area contributed by atoms with E-state index in [9.17, 15) is 23.9 Å². The zero-order valence-electron chi connectivity index (χ0n) is 20.4. The van der Waals surface area contributed by atoms with Crippen LogP contribution in [0.2, 0.25) is 0 Å². The number of nitrogens with one attached hydrogen (secondary N) is 2. The van der Waals surface area contributed by atoms with E-state index >= 15 is 0 Å². The Balaban J connectivity index is 1.50. The molecule has 3 aromatic rings. The number of carbonyl (C=O) groups is 2. The average Bonchev–Trinajstić information content (AvgIpc) is 3.67. The van der Waals surface area contributed by atoms with Crippen LogP contribution in [0, 0.1) is 12.7 Å². The highest BCUT2D eigenvalue weighted by Crippen LogP contribution is 2.46. The predicted octanol–water partition coefficient (Wildman–Crippen LogP) is 1.60. The van der Waals surface area contributed by atoms with Gasteiger partial charge in [0.2, 0.25) is 5.91 Å². The van der Waals surface area contributed by atoms with Gasteiger partial charge in [0.05, 0.1) is 41.1 Å². The lowest BCUT2D eigenvalue weighted by Crippen LogP contribution is -2.44. The van der Waals surface area contributed by atoms with Crippen molar-refractivity contribution in [2.75, 3.05) is 6.54 Å². The van der Waals surface area contributed by atoms with Crippen LogP contribution in [0.15, 0.2) is 16.9 Å². The van der Waals surface area contributed by atoms with Crippen LogP contribution in [-0.2, 0) is 39.5 Å². The van der Waals surface area contributed by atoms with Gasteiger partial charge < -0.3 is 25.0 Å². The summed E-state index contributed by atoms with van der Waals surface area (Å²) in [5.74, 6) is -1.22. The minimum Gasteiger partial charge on any atom is -0.458 e. The summed E-state index contributed by atoms with van der Waals surface area (Å²) in [5.41, 5.74) is 2.69. The van der Waals surface area contributed by atoms with Crippen molar-refractivity contribution in [1.82, 2.24) is 20.2 Å². The van der Waals surface area contributed by atoms with Crippen LogP contribution >= 0.6 is 0 Å². The maximum atomic E-state index is 14.9. The number of aliphatic hydroxyl groups is 1. The van der Waals surface area contributed by atoms with Crippen LogP contribution in [-0.4, -0.2) is 39.1 Å². The first-order valence-electron chi connectivity index (χ1n) is 12.6. The summed E-state index contributed by atoms with van der Waals surface area (Å²) >= 11 is 0.